The zero-order valence-electron chi connectivity index (χ0n) is 9.17. The predicted molar refractivity (Wildman–Crippen MR) is 57.9 cm³/mol. The van der Waals surface area contributed by atoms with Crippen molar-refractivity contribution < 1.29 is 13.5 Å². The summed E-state index contributed by atoms with van der Waals surface area (Å²) in [6.45, 7) is 0.259. The van der Waals surface area contributed by atoms with Crippen LogP contribution in [0.4, 0.5) is 8.78 Å². The molecule has 0 spiro atoms. The highest BCUT2D eigenvalue weighted by molar-refractivity contribution is 5.35. The van der Waals surface area contributed by atoms with E-state index in [9.17, 15) is 8.78 Å². The van der Waals surface area contributed by atoms with Gasteiger partial charge in [0.2, 0.25) is 5.92 Å². The van der Waals surface area contributed by atoms with Crippen molar-refractivity contribution in [1.82, 2.24) is 0 Å². The van der Waals surface area contributed by atoms with Crippen LogP contribution in [-0.4, -0.2) is 19.6 Å². The number of nitrogens with two attached hydrogens (primary N) is 1. The molecule has 0 aromatic heterocycles. The van der Waals surface area contributed by atoms with Crippen molar-refractivity contribution in [2.24, 2.45) is 5.73 Å². The molecule has 2 rings (SSSR count). The van der Waals surface area contributed by atoms with Crippen molar-refractivity contribution in [3.05, 3.63) is 29.8 Å². The molecule has 2 N–H and O–H groups in total. The Hall–Kier alpha value is -1.16. The molecule has 0 radical (unpaired) electrons. The lowest BCUT2D eigenvalue weighted by molar-refractivity contribution is -0.123. The average Bonchev–Trinajstić information content (AvgIpc) is 2.25. The molecule has 0 saturated heterocycles. The van der Waals surface area contributed by atoms with Crippen LogP contribution in [0.25, 0.3) is 0 Å². The van der Waals surface area contributed by atoms with Crippen LogP contribution in [0.1, 0.15) is 18.4 Å². The van der Waals surface area contributed by atoms with Gasteiger partial charge in [0.05, 0.1) is 7.11 Å². The number of methoxy groups -OCH3 is 1. The molecule has 1 aromatic carbocycles. The number of ether oxygens (including phenoxy) is 1. The van der Waals surface area contributed by atoms with Gasteiger partial charge in [-0.05, 0) is 17.7 Å². The molecule has 88 valence electrons. The van der Waals surface area contributed by atoms with Gasteiger partial charge in [-0.3, -0.25) is 0 Å². The molecule has 0 aliphatic heterocycles. The molecule has 1 aromatic rings. The summed E-state index contributed by atoms with van der Waals surface area (Å²) in [5.41, 5.74) is 5.96. The lowest BCUT2D eigenvalue weighted by atomic mass is 9.62. The Kier molecular flexibility index (Phi) is 2.62. The molecule has 1 aliphatic carbocycles. The Balaban J connectivity index is 2.22. The maximum Gasteiger partial charge on any atom is 0.250 e. The summed E-state index contributed by atoms with van der Waals surface area (Å²) in [6.07, 6.45) is -0.300. The molecular weight excluding hydrogens is 212 g/mol. The standard InChI is InChI=1S/C12H15F2NO/c1-16-10-4-2-9(3-5-10)11(8-15)6-12(13,14)7-11/h2-5H,6-8,15H2,1H3. The first-order valence-electron chi connectivity index (χ1n) is 5.24. The number of halogens is 2. The van der Waals surface area contributed by atoms with Crippen molar-refractivity contribution in [2.45, 2.75) is 24.2 Å². The summed E-state index contributed by atoms with van der Waals surface area (Å²) in [7, 11) is 1.57. The molecule has 1 fully saturated rings. The van der Waals surface area contributed by atoms with Gasteiger partial charge in [-0.2, -0.15) is 0 Å². The van der Waals surface area contributed by atoms with Crippen molar-refractivity contribution in [2.75, 3.05) is 13.7 Å². The number of benzene rings is 1. The molecule has 0 unspecified atom stereocenters. The molecule has 1 saturated carbocycles. The largest absolute Gasteiger partial charge is 0.497 e. The van der Waals surface area contributed by atoms with Gasteiger partial charge in [0.15, 0.2) is 0 Å². The van der Waals surface area contributed by atoms with E-state index in [1.807, 2.05) is 12.1 Å². The first-order valence-corrected chi connectivity index (χ1v) is 5.24. The van der Waals surface area contributed by atoms with Crippen molar-refractivity contribution in [1.29, 1.82) is 0 Å². The van der Waals surface area contributed by atoms with Gasteiger partial charge in [-0.15, -0.1) is 0 Å². The molecule has 1 aliphatic rings. The molecular formula is C12H15F2NO. The van der Waals surface area contributed by atoms with Crippen LogP contribution in [0.2, 0.25) is 0 Å². The number of alkyl halides is 2. The van der Waals surface area contributed by atoms with E-state index in [0.717, 1.165) is 11.3 Å². The van der Waals surface area contributed by atoms with Crippen LogP contribution < -0.4 is 10.5 Å². The number of hydrogen-bond acceptors (Lipinski definition) is 2. The fraction of sp³-hybridized carbons (Fsp3) is 0.500. The van der Waals surface area contributed by atoms with Crippen molar-refractivity contribution >= 4 is 0 Å². The van der Waals surface area contributed by atoms with Crippen molar-refractivity contribution in [3.8, 4) is 5.75 Å². The smallest absolute Gasteiger partial charge is 0.250 e. The third kappa shape index (κ3) is 1.78. The van der Waals surface area contributed by atoms with Gasteiger partial charge in [0.1, 0.15) is 5.75 Å². The third-order valence-electron chi connectivity index (χ3n) is 3.29. The van der Waals surface area contributed by atoms with Crippen LogP contribution in [0.3, 0.4) is 0 Å². The van der Waals surface area contributed by atoms with Crippen LogP contribution in [0, 0.1) is 0 Å². The quantitative estimate of drug-likeness (QED) is 0.860. The second kappa shape index (κ2) is 3.70. The minimum Gasteiger partial charge on any atom is -0.497 e. The topological polar surface area (TPSA) is 35.2 Å². The van der Waals surface area contributed by atoms with E-state index in [1.54, 1.807) is 19.2 Å². The van der Waals surface area contributed by atoms with Crippen molar-refractivity contribution in [3.63, 3.8) is 0 Å². The monoisotopic (exact) mass is 227 g/mol. The molecule has 0 bridgehead atoms. The Labute approximate surface area is 93.4 Å². The van der Waals surface area contributed by atoms with Gasteiger partial charge >= 0.3 is 0 Å². The maximum atomic E-state index is 13.0. The van der Waals surface area contributed by atoms with Crippen LogP contribution in [0.5, 0.6) is 5.75 Å². The summed E-state index contributed by atoms with van der Waals surface area (Å²) in [5, 5.41) is 0. The van der Waals surface area contributed by atoms with E-state index in [2.05, 4.69) is 0 Å². The molecule has 0 amide bonds. The highest BCUT2D eigenvalue weighted by Gasteiger charge is 2.56. The van der Waals surface area contributed by atoms with E-state index in [1.165, 1.54) is 0 Å². The zero-order chi connectivity index (χ0) is 11.8. The summed E-state index contributed by atoms with van der Waals surface area (Å²) in [5.74, 6) is -1.83. The van der Waals surface area contributed by atoms with E-state index in [4.69, 9.17) is 10.5 Å². The van der Waals surface area contributed by atoms with Gasteiger partial charge < -0.3 is 10.5 Å². The van der Waals surface area contributed by atoms with Gasteiger partial charge in [-0.1, -0.05) is 12.1 Å². The third-order valence-corrected chi connectivity index (χ3v) is 3.29. The summed E-state index contributed by atoms with van der Waals surface area (Å²) in [6, 6.07) is 7.20. The van der Waals surface area contributed by atoms with Crippen LogP contribution >= 0.6 is 0 Å². The molecule has 2 nitrogen and oxygen atoms in total. The summed E-state index contributed by atoms with van der Waals surface area (Å²) < 4.78 is 31.0. The highest BCUT2D eigenvalue weighted by atomic mass is 19.3. The Morgan fingerprint density at radius 3 is 2.19 bits per heavy atom. The molecule has 16 heavy (non-hydrogen) atoms. The Bertz CT molecular complexity index is 367. The first-order chi connectivity index (χ1) is 7.51. The average molecular weight is 227 g/mol. The van der Waals surface area contributed by atoms with Gasteiger partial charge in [0, 0.05) is 24.8 Å². The lowest BCUT2D eigenvalue weighted by Crippen LogP contribution is -2.53. The molecule has 0 atom stereocenters. The fourth-order valence-corrected chi connectivity index (χ4v) is 2.35. The molecule has 4 heteroatoms. The first kappa shape index (κ1) is 11.3. The Morgan fingerprint density at radius 2 is 1.81 bits per heavy atom. The minimum atomic E-state index is -2.56. The fourth-order valence-electron chi connectivity index (χ4n) is 2.35. The second-order valence-corrected chi connectivity index (χ2v) is 4.42. The van der Waals surface area contributed by atoms with E-state index < -0.39 is 11.3 Å². The molecule has 0 heterocycles. The Morgan fingerprint density at radius 1 is 1.25 bits per heavy atom. The number of hydrogen-bond donors (Lipinski definition) is 1. The van der Waals surface area contributed by atoms with E-state index in [-0.39, 0.29) is 19.4 Å². The van der Waals surface area contributed by atoms with E-state index >= 15 is 0 Å². The van der Waals surface area contributed by atoms with Gasteiger partial charge in [0.25, 0.3) is 0 Å². The lowest BCUT2D eigenvalue weighted by Gasteiger charge is -2.47. The van der Waals surface area contributed by atoms with E-state index in [0.29, 0.717) is 0 Å². The SMILES string of the molecule is COc1ccc(C2(CN)CC(F)(F)C2)cc1. The minimum absolute atomic E-state index is 0.150. The normalized spacial score (nSPS) is 21.2. The summed E-state index contributed by atoms with van der Waals surface area (Å²) in [4.78, 5) is 0. The second-order valence-electron chi connectivity index (χ2n) is 4.42. The summed E-state index contributed by atoms with van der Waals surface area (Å²) >= 11 is 0. The van der Waals surface area contributed by atoms with Crippen LogP contribution in [-0.2, 0) is 5.41 Å². The highest BCUT2D eigenvalue weighted by Crippen LogP contribution is 2.52. The van der Waals surface area contributed by atoms with Crippen LogP contribution in [0.15, 0.2) is 24.3 Å². The predicted octanol–water partition coefficient (Wildman–Crippen LogP) is 2.32. The van der Waals surface area contributed by atoms with Gasteiger partial charge in [-0.25, -0.2) is 8.78 Å². The zero-order valence-corrected chi connectivity index (χ0v) is 9.17. The maximum absolute atomic E-state index is 13.0. The number of rotatable bonds is 3.